The highest BCUT2D eigenvalue weighted by Crippen LogP contribution is 2.12. The molecule has 192 valence electrons. The molecule has 0 bridgehead atoms. The summed E-state index contributed by atoms with van der Waals surface area (Å²) in [5.74, 6) is -3.45. The summed E-state index contributed by atoms with van der Waals surface area (Å²) in [7, 11) is 0. The number of hydrogen-bond donors (Lipinski definition) is 7. The standard InChI is InChI=1S/C22H38N6O6/c1-6-12(4)18(28-20(31)17(23)13(5)29)21(32)26-15(7-11(2)3)19(30)27-16(22(33)34)8-14-9-24-10-25-14/h9-13,15-18,29H,6-8,23H2,1-5H3,(H,24,25)(H,26,32)(H,27,30)(H,28,31)(H,33,34). The van der Waals surface area contributed by atoms with Crippen molar-refractivity contribution in [2.75, 3.05) is 0 Å². The fraction of sp³-hybridized carbons (Fsp3) is 0.682. The van der Waals surface area contributed by atoms with Gasteiger partial charge in [-0.05, 0) is 25.2 Å². The van der Waals surface area contributed by atoms with E-state index in [0.717, 1.165) is 0 Å². The molecular formula is C22H38N6O6. The van der Waals surface area contributed by atoms with Crippen LogP contribution in [0.4, 0.5) is 0 Å². The Hall–Kier alpha value is -2.99. The third-order valence-corrected chi connectivity index (χ3v) is 5.55. The number of nitrogens with one attached hydrogen (secondary N) is 4. The van der Waals surface area contributed by atoms with Gasteiger partial charge in [0.1, 0.15) is 24.2 Å². The van der Waals surface area contributed by atoms with Crippen LogP contribution < -0.4 is 21.7 Å². The van der Waals surface area contributed by atoms with Gasteiger partial charge in [0.25, 0.3) is 0 Å². The predicted molar refractivity (Wildman–Crippen MR) is 124 cm³/mol. The number of aliphatic hydroxyl groups excluding tert-OH is 1. The second-order valence-electron chi connectivity index (χ2n) is 9.01. The molecule has 8 N–H and O–H groups in total. The average molecular weight is 483 g/mol. The summed E-state index contributed by atoms with van der Waals surface area (Å²) in [5, 5.41) is 26.8. The number of nitrogens with two attached hydrogens (primary N) is 1. The number of carbonyl (C=O) groups excluding carboxylic acids is 3. The van der Waals surface area contributed by atoms with Gasteiger partial charge in [0.2, 0.25) is 17.7 Å². The van der Waals surface area contributed by atoms with Gasteiger partial charge in [-0.3, -0.25) is 14.4 Å². The van der Waals surface area contributed by atoms with Gasteiger partial charge in [0.15, 0.2) is 0 Å². The Morgan fingerprint density at radius 3 is 2.12 bits per heavy atom. The van der Waals surface area contributed by atoms with Crippen molar-refractivity contribution in [3.63, 3.8) is 0 Å². The fourth-order valence-electron chi connectivity index (χ4n) is 3.22. The molecule has 12 nitrogen and oxygen atoms in total. The van der Waals surface area contributed by atoms with Gasteiger partial charge < -0.3 is 36.9 Å². The first-order valence-corrected chi connectivity index (χ1v) is 11.4. The van der Waals surface area contributed by atoms with Crippen molar-refractivity contribution in [2.45, 2.75) is 84.2 Å². The van der Waals surface area contributed by atoms with Gasteiger partial charge in [-0.15, -0.1) is 0 Å². The Kier molecular flexibility index (Phi) is 11.7. The maximum Gasteiger partial charge on any atom is 0.326 e. The summed E-state index contributed by atoms with van der Waals surface area (Å²) in [6, 6.07) is -4.46. The first kappa shape index (κ1) is 29.0. The summed E-state index contributed by atoms with van der Waals surface area (Å²) in [4.78, 5) is 56.8. The van der Waals surface area contributed by atoms with Crippen molar-refractivity contribution >= 4 is 23.7 Å². The molecule has 0 aliphatic carbocycles. The van der Waals surface area contributed by atoms with Crippen LogP contribution >= 0.6 is 0 Å². The number of carboxylic acid groups (broad SMARTS) is 1. The van der Waals surface area contributed by atoms with E-state index in [-0.39, 0.29) is 24.7 Å². The lowest BCUT2D eigenvalue weighted by Crippen LogP contribution is -2.59. The van der Waals surface area contributed by atoms with E-state index in [0.29, 0.717) is 12.1 Å². The zero-order chi connectivity index (χ0) is 26.0. The number of rotatable bonds is 14. The van der Waals surface area contributed by atoms with Crippen LogP contribution in [0.25, 0.3) is 0 Å². The van der Waals surface area contributed by atoms with E-state index in [1.54, 1.807) is 6.92 Å². The van der Waals surface area contributed by atoms with Gasteiger partial charge in [-0.2, -0.15) is 0 Å². The molecule has 1 heterocycles. The smallest absolute Gasteiger partial charge is 0.326 e. The van der Waals surface area contributed by atoms with Crippen LogP contribution in [0, 0.1) is 11.8 Å². The molecule has 0 saturated carbocycles. The second-order valence-corrected chi connectivity index (χ2v) is 9.01. The lowest BCUT2D eigenvalue weighted by Gasteiger charge is -2.28. The number of aliphatic carboxylic acids is 1. The number of amides is 3. The van der Waals surface area contributed by atoms with Crippen molar-refractivity contribution < 1.29 is 29.4 Å². The van der Waals surface area contributed by atoms with Crippen LogP contribution in [0.3, 0.4) is 0 Å². The van der Waals surface area contributed by atoms with E-state index in [4.69, 9.17) is 5.73 Å². The number of carbonyl (C=O) groups is 4. The molecule has 0 spiro atoms. The molecule has 1 rings (SSSR count). The van der Waals surface area contributed by atoms with Gasteiger partial charge in [0.05, 0.1) is 12.4 Å². The number of carboxylic acids is 1. The zero-order valence-corrected chi connectivity index (χ0v) is 20.4. The maximum absolute atomic E-state index is 13.1. The fourth-order valence-corrected chi connectivity index (χ4v) is 3.22. The van der Waals surface area contributed by atoms with Gasteiger partial charge in [0, 0.05) is 18.3 Å². The lowest BCUT2D eigenvalue weighted by atomic mass is 9.96. The minimum atomic E-state index is -1.23. The highest BCUT2D eigenvalue weighted by molar-refractivity contribution is 5.94. The molecule has 6 unspecified atom stereocenters. The molecule has 6 atom stereocenters. The van der Waals surface area contributed by atoms with Crippen molar-refractivity contribution in [3.05, 3.63) is 18.2 Å². The van der Waals surface area contributed by atoms with E-state index in [1.165, 1.54) is 19.4 Å². The van der Waals surface area contributed by atoms with Crippen LogP contribution in [-0.4, -0.2) is 74.1 Å². The van der Waals surface area contributed by atoms with Crippen molar-refractivity contribution in [3.8, 4) is 0 Å². The third-order valence-electron chi connectivity index (χ3n) is 5.55. The minimum Gasteiger partial charge on any atom is -0.480 e. The number of hydrogen-bond acceptors (Lipinski definition) is 7. The molecule has 1 aromatic heterocycles. The van der Waals surface area contributed by atoms with Crippen LogP contribution in [0.15, 0.2) is 12.5 Å². The SMILES string of the molecule is CCC(C)C(NC(=O)C(N)C(C)O)C(=O)NC(CC(C)C)C(=O)NC(Cc1cnc[nH]1)C(=O)O. The molecule has 0 aliphatic heterocycles. The summed E-state index contributed by atoms with van der Waals surface area (Å²) in [6.07, 6.45) is 2.56. The minimum absolute atomic E-state index is 0.00670. The maximum atomic E-state index is 13.1. The Morgan fingerprint density at radius 1 is 1.03 bits per heavy atom. The summed E-state index contributed by atoms with van der Waals surface area (Å²) in [5.41, 5.74) is 6.22. The molecule has 0 radical (unpaired) electrons. The van der Waals surface area contributed by atoms with Crippen LogP contribution in [0.2, 0.25) is 0 Å². The largest absolute Gasteiger partial charge is 0.480 e. The molecule has 1 aromatic rings. The highest BCUT2D eigenvalue weighted by Gasteiger charge is 2.33. The second kappa shape index (κ2) is 13.7. The average Bonchev–Trinajstić information content (AvgIpc) is 3.27. The molecule has 0 aliphatic rings. The summed E-state index contributed by atoms with van der Waals surface area (Å²) >= 11 is 0. The van der Waals surface area contributed by atoms with Gasteiger partial charge in [-0.25, -0.2) is 9.78 Å². The first-order chi connectivity index (χ1) is 15.9. The molecule has 34 heavy (non-hydrogen) atoms. The Balaban J connectivity index is 3.01. The van der Waals surface area contributed by atoms with Gasteiger partial charge >= 0.3 is 5.97 Å². The molecule has 3 amide bonds. The van der Waals surface area contributed by atoms with Crippen molar-refractivity contribution in [1.82, 2.24) is 25.9 Å². The Morgan fingerprint density at radius 2 is 1.65 bits per heavy atom. The number of aromatic nitrogens is 2. The Labute approximate surface area is 199 Å². The first-order valence-electron chi connectivity index (χ1n) is 11.4. The summed E-state index contributed by atoms with van der Waals surface area (Å²) in [6.45, 7) is 8.70. The molecule has 0 saturated heterocycles. The monoisotopic (exact) mass is 482 g/mol. The number of aliphatic hydroxyl groups is 1. The number of H-pyrrole nitrogens is 1. The quantitative estimate of drug-likeness (QED) is 0.180. The number of imidazole rings is 1. The lowest BCUT2D eigenvalue weighted by molar-refractivity contribution is -0.142. The van der Waals surface area contributed by atoms with Crippen LogP contribution in [0.1, 0.15) is 53.2 Å². The van der Waals surface area contributed by atoms with Crippen LogP contribution in [-0.2, 0) is 25.6 Å². The van der Waals surface area contributed by atoms with E-state index in [2.05, 4.69) is 25.9 Å². The van der Waals surface area contributed by atoms with E-state index in [1.807, 2.05) is 20.8 Å². The normalized spacial score (nSPS) is 16.6. The molecular weight excluding hydrogens is 444 g/mol. The molecule has 0 aromatic carbocycles. The van der Waals surface area contributed by atoms with Crippen molar-refractivity contribution in [2.24, 2.45) is 17.6 Å². The van der Waals surface area contributed by atoms with E-state index < -0.39 is 54.0 Å². The molecule has 12 heteroatoms. The van der Waals surface area contributed by atoms with Gasteiger partial charge in [-0.1, -0.05) is 34.1 Å². The highest BCUT2D eigenvalue weighted by atomic mass is 16.4. The Bertz CT molecular complexity index is 813. The number of nitrogens with zero attached hydrogens (tertiary/aromatic N) is 1. The summed E-state index contributed by atoms with van der Waals surface area (Å²) < 4.78 is 0. The predicted octanol–water partition coefficient (Wildman–Crippen LogP) is -0.708. The molecule has 0 fully saturated rings. The third kappa shape index (κ3) is 9.10. The van der Waals surface area contributed by atoms with E-state index in [9.17, 15) is 29.4 Å². The van der Waals surface area contributed by atoms with Crippen LogP contribution in [0.5, 0.6) is 0 Å². The van der Waals surface area contributed by atoms with E-state index >= 15 is 0 Å². The van der Waals surface area contributed by atoms with Crippen molar-refractivity contribution in [1.29, 1.82) is 0 Å². The topological polar surface area (TPSA) is 200 Å². The number of aromatic amines is 1. The zero-order valence-electron chi connectivity index (χ0n) is 20.4.